The second kappa shape index (κ2) is 2.67. The van der Waals surface area contributed by atoms with Crippen LogP contribution in [0.25, 0.3) is 0 Å². The maximum absolute atomic E-state index is 7.04. The number of nitrogens with one attached hydrogen (secondary N) is 2. The summed E-state index contributed by atoms with van der Waals surface area (Å²) in [6.45, 7) is 2.27. The van der Waals surface area contributed by atoms with E-state index in [1.54, 1.807) is 0 Å². The standard InChI is InChI=1S/C5H10N2O/c6-5-4-7-2-1-3-8-5/h6-7H,1-4H2. The molecule has 0 saturated carbocycles. The lowest BCUT2D eigenvalue weighted by Gasteiger charge is -1.97. The Bertz CT molecular complexity index is 82.4. The van der Waals surface area contributed by atoms with Crippen molar-refractivity contribution in [1.29, 1.82) is 5.41 Å². The molecule has 1 aliphatic heterocycles. The van der Waals surface area contributed by atoms with Crippen LogP contribution >= 0.6 is 0 Å². The average molecular weight is 114 g/mol. The lowest BCUT2D eigenvalue weighted by Crippen LogP contribution is -2.20. The molecule has 1 fully saturated rings. The highest BCUT2D eigenvalue weighted by Crippen LogP contribution is 1.86. The molecule has 0 aromatic heterocycles. The predicted octanol–water partition coefficient (Wildman–Crippen LogP) is -0.0264. The summed E-state index contributed by atoms with van der Waals surface area (Å²) in [5.74, 6) is 0.363. The fourth-order valence-corrected chi connectivity index (χ4v) is 0.645. The highest BCUT2D eigenvalue weighted by atomic mass is 16.5. The number of rotatable bonds is 0. The molecule has 0 aliphatic carbocycles. The van der Waals surface area contributed by atoms with Crippen LogP contribution in [0.2, 0.25) is 0 Å². The molecule has 1 rings (SSSR count). The van der Waals surface area contributed by atoms with Crippen LogP contribution in [0.3, 0.4) is 0 Å². The molecule has 3 nitrogen and oxygen atoms in total. The van der Waals surface area contributed by atoms with Crippen LogP contribution < -0.4 is 5.32 Å². The van der Waals surface area contributed by atoms with E-state index in [2.05, 4.69) is 5.32 Å². The van der Waals surface area contributed by atoms with Gasteiger partial charge in [-0.1, -0.05) is 0 Å². The van der Waals surface area contributed by atoms with Gasteiger partial charge >= 0.3 is 0 Å². The summed E-state index contributed by atoms with van der Waals surface area (Å²) < 4.78 is 4.92. The van der Waals surface area contributed by atoms with E-state index in [1.165, 1.54) is 0 Å². The summed E-state index contributed by atoms with van der Waals surface area (Å²) in [4.78, 5) is 0. The number of ether oxygens (including phenoxy) is 1. The minimum atomic E-state index is 0.363. The van der Waals surface area contributed by atoms with E-state index in [4.69, 9.17) is 10.1 Å². The van der Waals surface area contributed by atoms with Crippen molar-refractivity contribution in [3.8, 4) is 0 Å². The first-order valence-electron chi connectivity index (χ1n) is 2.80. The maximum atomic E-state index is 7.04. The lowest BCUT2D eigenvalue weighted by atomic mass is 10.5. The molecule has 0 aromatic carbocycles. The molecular formula is C5H10N2O. The Morgan fingerprint density at radius 3 is 3.38 bits per heavy atom. The summed E-state index contributed by atoms with van der Waals surface area (Å²) in [5.41, 5.74) is 0. The van der Waals surface area contributed by atoms with Crippen molar-refractivity contribution in [3.05, 3.63) is 0 Å². The van der Waals surface area contributed by atoms with Gasteiger partial charge in [0.2, 0.25) is 0 Å². The van der Waals surface area contributed by atoms with E-state index in [0.717, 1.165) is 13.0 Å². The van der Waals surface area contributed by atoms with Crippen molar-refractivity contribution in [2.45, 2.75) is 6.42 Å². The molecular weight excluding hydrogens is 104 g/mol. The van der Waals surface area contributed by atoms with Gasteiger partial charge in [0.15, 0.2) is 5.90 Å². The fraction of sp³-hybridized carbons (Fsp3) is 0.800. The van der Waals surface area contributed by atoms with Gasteiger partial charge < -0.3 is 10.1 Å². The SMILES string of the molecule is N=C1CNCCCO1. The van der Waals surface area contributed by atoms with Crippen LogP contribution in [0.1, 0.15) is 6.42 Å². The van der Waals surface area contributed by atoms with Gasteiger partial charge in [0.25, 0.3) is 0 Å². The van der Waals surface area contributed by atoms with Gasteiger partial charge in [-0.15, -0.1) is 0 Å². The van der Waals surface area contributed by atoms with Crippen molar-refractivity contribution in [2.24, 2.45) is 0 Å². The molecule has 0 spiro atoms. The molecule has 3 heteroatoms. The monoisotopic (exact) mass is 114 g/mol. The molecule has 0 aromatic rings. The Morgan fingerprint density at radius 1 is 1.62 bits per heavy atom. The van der Waals surface area contributed by atoms with E-state index in [0.29, 0.717) is 19.0 Å². The van der Waals surface area contributed by atoms with Crippen LogP contribution in [-0.4, -0.2) is 25.6 Å². The topological polar surface area (TPSA) is 45.1 Å². The van der Waals surface area contributed by atoms with E-state index in [-0.39, 0.29) is 0 Å². The van der Waals surface area contributed by atoms with Crippen molar-refractivity contribution >= 4 is 5.90 Å². The number of hydrogen-bond acceptors (Lipinski definition) is 3. The van der Waals surface area contributed by atoms with Gasteiger partial charge in [-0.3, -0.25) is 5.41 Å². The third-order valence-electron chi connectivity index (χ3n) is 1.06. The van der Waals surface area contributed by atoms with E-state index in [9.17, 15) is 0 Å². The van der Waals surface area contributed by atoms with Gasteiger partial charge in [-0.05, 0) is 13.0 Å². The van der Waals surface area contributed by atoms with Crippen molar-refractivity contribution < 1.29 is 4.74 Å². The predicted molar refractivity (Wildman–Crippen MR) is 31.2 cm³/mol. The second-order valence-electron chi connectivity index (χ2n) is 1.80. The lowest BCUT2D eigenvalue weighted by molar-refractivity contribution is 0.304. The molecule has 2 N–H and O–H groups in total. The number of hydrogen-bond donors (Lipinski definition) is 2. The molecule has 1 heterocycles. The Morgan fingerprint density at radius 2 is 2.50 bits per heavy atom. The molecule has 46 valence electrons. The summed E-state index contributed by atoms with van der Waals surface area (Å²) in [5, 5.41) is 10.1. The average Bonchev–Trinajstić information content (AvgIpc) is 1.94. The van der Waals surface area contributed by atoms with Crippen LogP contribution in [0.4, 0.5) is 0 Å². The van der Waals surface area contributed by atoms with Gasteiger partial charge in [0.05, 0.1) is 13.2 Å². The highest BCUT2D eigenvalue weighted by molar-refractivity contribution is 5.74. The zero-order valence-corrected chi connectivity index (χ0v) is 4.74. The Kier molecular flexibility index (Phi) is 1.86. The molecule has 8 heavy (non-hydrogen) atoms. The quantitative estimate of drug-likeness (QED) is 0.464. The highest BCUT2D eigenvalue weighted by Gasteiger charge is 2.00. The van der Waals surface area contributed by atoms with E-state index >= 15 is 0 Å². The fourth-order valence-electron chi connectivity index (χ4n) is 0.645. The van der Waals surface area contributed by atoms with Crippen molar-refractivity contribution in [3.63, 3.8) is 0 Å². The Labute approximate surface area is 48.5 Å². The first kappa shape index (κ1) is 5.56. The zero-order chi connectivity index (χ0) is 5.82. The van der Waals surface area contributed by atoms with Gasteiger partial charge in [-0.2, -0.15) is 0 Å². The van der Waals surface area contributed by atoms with Crippen LogP contribution in [-0.2, 0) is 4.74 Å². The molecule has 0 unspecified atom stereocenters. The molecule has 0 radical (unpaired) electrons. The zero-order valence-electron chi connectivity index (χ0n) is 4.74. The normalized spacial score (nSPS) is 21.8. The third kappa shape index (κ3) is 1.50. The summed E-state index contributed by atoms with van der Waals surface area (Å²) in [6, 6.07) is 0. The first-order chi connectivity index (χ1) is 3.89. The first-order valence-corrected chi connectivity index (χ1v) is 2.80. The summed E-state index contributed by atoms with van der Waals surface area (Å²) in [7, 11) is 0. The Hall–Kier alpha value is -0.570. The van der Waals surface area contributed by atoms with Gasteiger partial charge in [0.1, 0.15) is 0 Å². The van der Waals surface area contributed by atoms with E-state index < -0.39 is 0 Å². The minimum Gasteiger partial charge on any atom is -0.480 e. The third-order valence-corrected chi connectivity index (χ3v) is 1.06. The van der Waals surface area contributed by atoms with Gasteiger partial charge in [0, 0.05) is 0 Å². The minimum absolute atomic E-state index is 0.363. The van der Waals surface area contributed by atoms with E-state index in [1.807, 2.05) is 0 Å². The van der Waals surface area contributed by atoms with Crippen molar-refractivity contribution in [1.82, 2.24) is 5.32 Å². The molecule has 0 bridgehead atoms. The molecule has 1 aliphatic rings. The molecule has 0 atom stereocenters. The second-order valence-corrected chi connectivity index (χ2v) is 1.80. The Balaban J connectivity index is 2.27. The van der Waals surface area contributed by atoms with Gasteiger partial charge in [-0.25, -0.2) is 0 Å². The van der Waals surface area contributed by atoms with Crippen molar-refractivity contribution in [2.75, 3.05) is 19.7 Å². The molecule has 0 amide bonds. The summed E-state index contributed by atoms with van der Waals surface area (Å²) in [6.07, 6.45) is 1.02. The van der Waals surface area contributed by atoms with Crippen LogP contribution in [0.15, 0.2) is 0 Å². The van der Waals surface area contributed by atoms with Crippen LogP contribution in [0.5, 0.6) is 0 Å². The maximum Gasteiger partial charge on any atom is 0.194 e. The smallest absolute Gasteiger partial charge is 0.194 e. The largest absolute Gasteiger partial charge is 0.480 e. The molecule has 1 saturated heterocycles. The van der Waals surface area contributed by atoms with Crippen LogP contribution in [0, 0.1) is 5.41 Å². The summed E-state index contributed by atoms with van der Waals surface area (Å²) >= 11 is 0.